The highest BCUT2D eigenvalue weighted by molar-refractivity contribution is 4.91. The Balaban J connectivity index is 3.59. The van der Waals surface area contributed by atoms with E-state index in [-0.39, 0.29) is 0 Å². The Hall–Kier alpha value is -0.520. The third-order valence-electron chi connectivity index (χ3n) is 2.43. The number of hydrogen-bond donors (Lipinski definition) is 0. The molecule has 0 aromatic heterocycles. The van der Waals surface area contributed by atoms with Crippen LogP contribution in [0, 0.1) is 5.92 Å². The molecular weight excluding hydrogens is 156 g/mol. The van der Waals surface area contributed by atoms with E-state index in [0.717, 1.165) is 5.92 Å². The summed E-state index contributed by atoms with van der Waals surface area (Å²) < 4.78 is 0. The molecule has 0 heterocycles. The Morgan fingerprint density at radius 2 is 1.77 bits per heavy atom. The van der Waals surface area contributed by atoms with Crippen LogP contribution in [0.1, 0.15) is 52.9 Å². The number of rotatable bonds is 7. The van der Waals surface area contributed by atoms with Crippen molar-refractivity contribution in [3.05, 3.63) is 24.3 Å². The lowest BCUT2D eigenvalue weighted by molar-refractivity contribution is 0.451. The average Bonchev–Trinajstić information content (AvgIpc) is 2.01. The zero-order chi connectivity index (χ0) is 10.3. The summed E-state index contributed by atoms with van der Waals surface area (Å²) in [5, 5.41) is 0. The van der Waals surface area contributed by atoms with Gasteiger partial charge in [-0.2, -0.15) is 0 Å². The van der Waals surface area contributed by atoms with Gasteiger partial charge in [0.15, 0.2) is 0 Å². The maximum absolute atomic E-state index is 3.97. The van der Waals surface area contributed by atoms with Gasteiger partial charge in [-0.05, 0) is 45.4 Å². The largest absolute Gasteiger partial charge is 0.100 e. The first kappa shape index (κ1) is 12.5. The molecule has 76 valence electrons. The molecule has 0 N–H and O–H groups in total. The lowest BCUT2D eigenvalue weighted by atomic mass is 9.92. The molecule has 0 radical (unpaired) electrons. The van der Waals surface area contributed by atoms with Gasteiger partial charge < -0.3 is 0 Å². The van der Waals surface area contributed by atoms with Crippen LogP contribution in [0.3, 0.4) is 0 Å². The average molecular weight is 180 g/mol. The predicted octanol–water partition coefficient (Wildman–Crippen LogP) is 4.73. The normalized spacial score (nSPS) is 12.5. The van der Waals surface area contributed by atoms with E-state index in [4.69, 9.17) is 0 Å². The van der Waals surface area contributed by atoms with Crippen molar-refractivity contribution in [1.82, 2.24) is 0 Å². The third kappa shape index (κ3) is 7.83. The molecule has 0 rings (SSSR count). The second kappa shape index (κ2) is 6.94. The van der Waals surface area contributed by atoms with E-state index in [1.165, 1.54) is 43.3 Å². The van der Waals surface area contributed by atoms with E-state index < -0.39 is 0 Å². The van der Waals surface area contributed by atoms with E-state index in [1.807, 2.05) is 0 Å². The van der Waals surface area contributed by atoms with E-state index >= 15 is 0 Å². The van der Waals surface area contributed by atoms with Crippen molar-refractivity contribution < 1.29 is 0 Å². The molecule has 0 nitrogen and oxygen atoms in total. The topological polar surface area (TPSA) is 0 Å². The van der Waals surface area contributed by atoms with Crippen LogP contribution in [0.2, 0.25) is 0 Å². The molecule has 0 saturated carbocycles. The van der Waals surface area contributed by atoms with Crippen molar-refractivity contribution in [2.24, 2.45) is 5.92 Å². The minimum absolute atomic E-state index is 0.844. The summed E-state index contributed by atoms with van der Waals surface area (Å²) in [6.45, 7) is 14.4. The summed E-state index contributed by atoms with van der Waals surface area (Å²) in [4.78, 5) is 0. The molecule has 0 heteroatoms. The van der Waals surface area contributed by atoms with E-state index in [0.29, 0.717) is 0 Å². The van der Waals surface area contributed by atoms with Gasteiger partial charge in [0.05, 0.1) is 0 Å². The minimum atomic E-state index is 0.844. The van der Waals surface area contributed by atoms with E-state index in [1.54, 1.807) is 0 Å². The van der Waals surface area contributed by atoms with Crippen molar-refractivity contribution in [1.29, 1.82) is 0 Å². The Morgan fingerprint density at radius 1 is 1.15 bits per heavy atom. The summed E-state index contributed by atoms with van der Waals surface area (Å²) in [5.74, 6) is 0.844. The number of hydrogen-bond acceptors (Lipinski definition) is 0. The molecule has 0 aromatic carbocycles. The van der Waals surface area contributed by atoms with Gasteiger partial charge >= 0.3 is 0 Å². The van der Waals surface area contributed by atoms with Crippen LogP contribution >= 0.6 is 0 Å². The summed E-state index contributed by atoms with van der Waals surface area (Å²) in [7, 11) is 0. The molecule has 1 atom stereocenters. The maximum atomic E-state index is 3.97. The Labute approximate surface area is 83.7 Å². The summed E-state index contributed by atoms with van der Waals surface area (Å²) in [5.41, 5.74) is 2.63. The predicted molar refractivity (Wildman–Crippen MR) is 61.9 cm³/mol. The van der Waals surface area contributed by atoms with Crippen LogP contribution in [0.4, 0.5) is 0 Å². The fourth-order valence-electron chi connectivity index (χ4n) is 1.64. The Morgan fingerprint density at radius 3 is 2.15 bits per heavy atom. The Kier molecular flexibility index (Phi) is 6.66. The second-order valence-corrected chi connectivity index (χ2v) is 4.28. The molecule has 0 bridgehead atoms. The van der Waals surface area contributed by atoms with Gasteiger partial charge in [0.25, 0.3) is 0 Å². The zero-order valence-electron chi connectivity index (χ0n) is 9.53. The van der Waals surface area contributed by atoms with Gasteiger partial charge in [-0.3, -0.25) is 0 Å². The standard InChI is InChI=1S/C13H24/c1-6-13(10-12(4)5)9-7-8-11(2)3/h13H,2,4,6-10H2,1,3,5H3. The SMILES string of the molecule is C=C(C)CCCC(CC)CC(=C)C. The first-order chi connectivity index (χ1) is 6.06. The van der Waals surface area contributed by atoms with Gasteiger partial charge in [0.2, 0.25) is 0 Å². The lowest BCUT2D eigenvalue weighted by Crippen LogP contribution is -1.99. The molecule has 0 fully saturated rings. The smallest absolute Gasteiger partial charge is 0.0297 e. The van der Waals surface area contributed by atoms with Gasteiger partial charge in [0, 0.05) is 0 Å². The molecule has 0 aliphatic carbocycles. The second-order valence-electron chi connectivity index (χ2n) is 4.28. The van der Waals surface area contributed by atoms with E-state index in [9.17, 15) is 0 Å². The first-order valence-corrected chi connectivity index (χ1v) is 5.35. The molecule has 0 spiro atoms. The van der Waals surface area contributed by atoms with Crippen molar-refractivity contribution in [2.45, 2.75) is 52.9 Å². The summed E-state index contributed by atoms with van der Waals surface area (Å²) in [6, 6.07) is 0. The molecule has 0 aliphatic heterocycles. The minimum Gasteiger partial charge on any atom is -0.100 e. The highest BCUT2D eigenvalue weighted by Crippen LogP contribution is 2.21. The zero-order valence-corrected chi connectivity index (χ0v) is 9.53. The fraction of sp³-hybridized carbons (Fsp3) is 0.692. The van der Waals surface area contributed by atoms with Crippen molar-refractivity contribution in [2.75, 3.05) is 0 Å². The van der Waals surface area contributed by atoms with Gasteiger partial charge in [-0.25, -0.2) is 0 Å². The first-order valence-electron chi connectivity index (χ1n) is 5.35. The van der Waals surface area contributed by atoms with Crippen LogP contribution in [0.25, 0.3) is 0 Å². The quantitative estimate of drug-likeness (QED) is 0.497. The molecule has 0 aromatic rings. The van der Waals surface area contributed by atoms with Crippen LogP contribution in [-0.4, -0.2) is 0 Å². The van der Waals surface area contributed by atoms with Crippen LogP contribution in [0.15, 0.2) is 24.3 Å². The van der Waals surface area contributed by atoms with Crippen molar-refractivity contribution in [3.63, 3.8) is 0 Å². The molecular formula is C13H24. The van der Waals surface area contributed by atoms with Gasteiger partial charge in [0.1, 0.15) is 0 Å². The third-order valence-corrected chi connectivity index (χ3v) is 2.43. The highest BCUT2D eigenvalue weighted by atomic mass is 14.1. The van der Waals surface area contributed by atoms with Crippen LogP contribution in [0.5, 0.6) is 0 Å². The van der Waals surface area contributed by atoms with Crippen LogP contribution < -0.4 is 0 Å². The Bertz CT molecular complexity index is 165. The molecule has 1 unspecified atom stereocenters. The maximum Gasteiger partial charge on any atom is -0.0297 e. The summed E-state index contributed by atoms with van der Waals surface area (Å²) in [6.07, 6.45) is 6.29. The lowest BCUT2D eigenvalue weighted by Gasteiger charge is -2.14. The van der Waals surface area contributed by atoms with Crippen molar-refractivity contribution in [3.8, 4) is 0 Å². The van der Waals surface area contributed by atoms with Crippen LogP contribution in [-0.2, 0) is 0 Å². The van der Waals surface area contributed by atoms with Gasteiger partial charge in [-0.1, -0.05) is 24.5 Å². The van der Waals surface area contributed by atoms with Gasteiger partial charge in [-0.15, -0.1) is 13.2 Å². The fourth-order valence-corrected chi connectivity index (χ4v) is 1.64. The highest BCUT2D eigenvalue weighted by Gasteiger charge is 2.05. The molecule has 0 saturated heterocycles. The summed E-state index contributed by atoms with van der Waals surface area (Å²) >= 11 is 0. The van der Waals surface area contributed by atoms with E-state index in [2.05, 4.69) is 33.9 Å². The molecule has 0 amide bonds. The monoisotopic (exact) mass is 180 g/mol. The number of allylic oxidation sites excluding steroid dienone is 2. The molecule has 0 aliphatic rings. The van der Waals surface area contributed by atoms with Crippen molar-refractivity contribution >= 4 is 0 Å². The molecule has 13 heavy (non-hydrogen) atoms.